The average Bonchev–Trinajstić information content (AvgIpc) is 2.68. The second-order valence-corrected chi connectivity index (χ2v) is 6.12. The number of hydrogen-bond acceptors (Lipinski definition) is 4. The van der Waals surface area contributed by atoms with Crippen molar-refractivity contribution in [3.8, 4) is 11.5 Å². The van der Waals surface area contributed by atoms with Crippen LogP contribution in [-0.2, 0) is 6.54 Å². The van der Waals surface area contributed by atoms with Crippen LogP contribution in [0.1, 0.15) is 5.56 Å². The molecule has 7 heteroatoms. The third-order valence-electron chi connectivity index (χ3n) is 4.49. The van der Waals surface area contributed by atoms with Gasteiger partial charge in [0.15, 0.2) is 5.96 Å². The molecule has 3 rings (SSSR count). The average molecular weight is 358 g/mol. The second kappa shape index (κ2) is 7.95. The van der Waals surface area contributed by atoms with E-state index in [1.807, 2.05) is 4.90 Å². The van der Waals surface area contributed by atoms with Crippen LogP contribution in [0, 0.1) is 5.82 Å². The van der Waals surface area contributed by atoms with Crippen molar-refractivity contribution < 1.29 is 14.2 Å². The number of piperazine rings is 1. The van der Waals surface area contributed by atoms with E-state index in [-0.39, 0.29) is 18.1 Å². The van der Waals surface area contributed by atoms with Crippen molar-refractivity contribution in [2.24, 2.45) is 10.7 Å². The zero-order chi connectivity index (χ0) is 18.5. The minimum atomic E-state index is -0.232. The van der Waals surface area contributed by atoms with Gasteiger partial charge < -0.3 is 25.4 Å². The molecule has 1 aliphatic heterocycles. The number of phenolic OH excluding ortho intramolecular Hbond substituents is 1. The van der Waals surface area contributed by atoms with Crippen LogP contribution in [0.25, 0.3) is 0 Å². The van der Waals surface area contributed by atoms with Crippen molar-refractivity contribution >= 4 is 11.6 Å². The van der Waals surface area contributed by atoms with Crippen LogP contribution >= 0.6 is 0 Å². The molecule has 138 valence electrons. The smallest absolute Gasteiger partial charge is 0.191 e. The summed E-state index contributed by atoms with van der Waals surface area (Å²) in [5, 5.41) is 9.92. The maximum absolute atomic E-state index is 13.0. The van der Waals surface area contributed by atoms with Gasteiger partial charge in [-0.3, -0.25) is 0 Å². The lowest BCUT2D eigenvalue weighted by Gasteiger charge is -2.36. The largest absolute Gasteiger partial charge is 0.508 e. The van der Waals surface area contributed by atoms with Gasteiger partial charge in [-0.15, -0.1) is 0 Å². The van der Waals surface area contributed by atoms with Crippen molar-refractivity contribution in [2.75, 3.05) is 38.2 Å². The van der Waals surface area contributed by atoms with Gasteiger partial charge in [-0.25, -0.2) is 9.38 Å². The van der Waals surface area contributed by atoms with Crippen LogP contribution in [-0.4, -0.2) is 49.3 Å². The first kappa shape index (κ1) is 17.8. The fraction of sp³-hybridized carbons (Fsp3) is 0.316. The van der Waals surface area contributed by atoms with Crippen molar-refractivity contribution in [1.29, 1.82) is 0 Å². The Morgan fingerprint density at radius 2 is 1.85 bits per heavy atom. The van der Waals surface area contributed by atoms with Gasteiger partial charge in [0, 0.05) is 37.4 Å². The Morgan fingerprint density at radius 3 is 2.50 bits per heavy atom. The summed E-state index contributed by atoms with van der Waals surface area (Å²) in [6.45, 7) is 3.32. The van der Waals surface area contributed by atoms with Gasteiger partial charge in [-0.1, -0.05) is 0 Å². The molecule has 0 radical (unpaired) electrons. The topological polar surface area (TPSA) is 74.3 Å². The molecule has 0 aromatic heterocycles. The number of halogens is 1. The van der Waals surface area contributed by atoms with E-state index in [9.17, 15) is 9.50 Å². The summed E-state index contributed by atoms with van der Waals surface area (Å²) >= 11 is 0. The number of guanidine groups is 1. The lowest BCUT2D eigenvalue weighted by atomic mass is 10.2. The summed E-state index contributed by atoms with van der Waals surface area (Å²) in [7, 11) is 1.58. The van der Waals surface area contributed by atoms with Gasteiger partial charge in [-0.2, -0.15) is 0 Å². The maximum atomic E-state index is 13.0. The molecule has 1 fully saturated rings. The first-order valence-electron chi connectivity index (χ1n) is 8.48. The van der Waals surface area contributed by atoms with E-state index in [1.54, 1.807) is 37.4 Å². The number of aromatic hydroxyl groups is 1. The number of phenols is 1. The number of ether oxygens (including phenoxy) is 1. The minimum Gasteiger partial charge on any atom is -0.508 e. The Bertz CT molecular complexity index is 772. The molecule has 0 unspecified atom stereocenters. The lowest BCUT2D eigenvalue weighted by Crippen LogP contribution is -2.51. The highest BCUT2D eigenvalue weighted by Gasteiger charge is 2.18. The molecule has 1 aliphatic rings. The summed E-state index contributed by atoms with van der Waals surface area (Å²) in [5.41, 5.74) is 7.78. The fourth-order valence-corrected chi connectivity index (χ4v) is 2.93. The fourth-order valence-electron chi connectivity index (χ4n) is 2.93. The number of nitrogens with two attached hydrogens (primary N) is 1. The molecule has 0 aliphatic carbocycles. The molecule has 26 heavy (non-hydrogen) atoms. The maximum Gasteiger partial charge on any atom is 0.191 e. The highest BCUT2D eigenvalue weighted by atomic mass is 19.1. The number of aliphatic imine (C=N–C) groups is 1. The molecular weight excluding hydrogens is 335 g/mol. The number of anilines is 1. The molecule has 2 aromatic rings. The Labute approximate surface area is 152 Å². The first-order chi connectivity index (χ1) is 12.6. The van der Waals surface area contributed by atoms with Crippen LogP contribution in [0.15, 0.2) is 47.5 Å². The summed E-state index contributed by atoms with van der Waals surface area (Å²) in [6, 6.07) is 11.5. The van der Waals surface area contributed by atoms with Crippen LogP contribution in [0.5, 0.6) is 11.5 Å². The van der Waals surface area contributed by atoms with Gasteiger partial charge in [0.25, 0.3) is 0 Å². The standard InChI is InChI=1S/C19H23FN4O2/c1-26-17-6-7-18(25)14(12-17)13-22-19(21)24-10-8-23(9-11-24)16-4-2-15(20)3-5-16/h2-7,12,25H,8-11,13H2,1H3,(H2,21,22). The highest BCUT2D eigenvalue weighted by molar-refractivity contribution is 5.78. The third-order valence-corrected chi connectivity index (χ3v) is 4.49. The number of nitrogens with zero attached hydrogens (tertiary/aromatic N) is 3. The molecule has 0 spiro atoms. The Morgan fingerprint density at radius 1 is 1.15 bits per heavy atom. The zero-order valence-corrected chi connectivity index (χ0v) is 14.7. The summed E-state index contributed by atoms with van der Waals surface area (Å²) in [4.78, 5) is 8.60. The molecule has 0 atom stereocenters. The molecule has 1 heterocycles. The summed E-state index contributed by atoms with van der Waals surface area (Å²) in [6.07, 6.45) is 0. The number of hydrogen-bond donors (Lipinski definition) is 2. The highest BCUT2D eigenvalue weighted by Crippen LogP contribution is 2.23. The molecule has 6 nitrogen and oxygen atoms in total. The van der Waals surface area contributed by atoms with Gasteiger partial charge in [0.05, 0.1) is 13.7 Å². The second-order valence-electron chi connectivity index (χ2n) is 6.12. The van der Waals surface area contributed by atoms with Crippen molar-refractivity contribution in [3.63, 3.8) is 0 Å². The predicted octanol–water partition coefficient (Wildman–Crippen LogP) is 2.18. The normalized spacial score (nSPS) is 15.2. The molecule has 0 amide bonds. The molecular formula is C19H23FN4O2. The van der Waals surface area contributed by atoms with Gasteiger partial charge in [-0.05, 0) is 42.5 Å². The SMILES string of the molecule is COc1ccc(O)c(CN=C(N)N2CCN(c3ccc(F)cc3)CC2)c1. The van der Waals surface area contributed by atoms with Crippen LogP contribution in [0.4, 0.5) is 10.1 Å². The quantitative estimate of drug-likeness (QED) is 0.647. The molecule has 3 N–H and O–H groups in total. The van der Waals surface area contributed by atoms with E-state index in [2.05, 4.69) is 9.89 Å². The summed E-state index contributed by atoms with van der Waals surface area (Å²) in [5.74, 6) is 1.05. The first-order valence-corrected chi connectivity index (χ1v) is 8.48. The van der Waals surface area contributed by atoms with E-state index >= 15 is 0 Å². The molecule has 2 aromatic carbocycles. The number of rotatable bonds is 4. The Balaban J connectivity index is 1.58. The van der Waals surface area contributed by atoms with E-state index in [0.717, 1.165) is 31.9 Å². The molecule has 1 saturated heterocycles. The monoisotopic (exact) mass is 358 g/mol. The van der Waals surface area contributed by atoms with Crippen molar-refractivity contribution in [3.05, 3.63) is 53.8 Å². The number of benzene rings is 2. The Hall–Kier alpha value is -2.96. The van der Waals surface area contributed by atoms with Gasteiger partial charge in [0.1, 0.15) is 17.3 Å². The lowest BCUT2D eigenvalue weighted by molar-refractivity contribution is 0.380. The van der Waals surface area contributed by atoms with Gasteiger partial charge >= 0.3 is 0 Å². The van der Waals surface area contributed by atoms with E-state index in [1.165, 1.54) is 12.1 Å². The van der Waals surface area contributed by atoms with Gasteiger partial charge in [0.2, 0.25) is 0 Å². The number of methoxy groups -OCH3 is 1. The molecule has 0 bridgehead atoms. The summed E-state index contributed by atoms with van der Waals surface area (Å²) < 4.78 is 18.2. The third kappa shape index (κ3) is 4.17. The van der Waals surface area contributed by atoms with E-state index < -0.39 is 0 Å². The Kier molecular flexibility index (Phi) is 5.46. The zero-order valence-electron chi connectivity index (χ0n) is 14.7. The predicted molar refractivity (Wildman–Crippen MR) is 100 cm³/mol. The van der Waals surface area contributed by atoms with Crippen LogP contribution in [0.3, 0.4) is 0 Å². The van der Waals surface area contributed by atoms with E-state index in [0.29, 0.717) is 17.3 Å². The van der Waals surface area contributed by atoms with E-state index in [4.69, 9.17) is 10.5 Å². The van der Waals surface area contributed by atoms with Crippen molar-refractivity contribution in [1.82, 2.24) is 4.90 Å². The van der Waals surface area contributed by atoms with Crippen LogP contribution in [0.2, 0.25) is 0 Å². The van der Waals surface area contributed by atoms with Crippen molar-refractivity contribution in [2.45, 2.75) is 6.54 Å². The van der Waals surface area contributed by atoms with Crippen LogP contribution < -0.4 is 15.4 Å². The molecule has 0 saturated carbocycles. The minimum absolute atomic E-state index is 0.170.